The van der Waals surface area contributed by atoms with Crippen molar-refractivity contribution in [1.29, 1.82) is 0 Å². The summed E-state index contributed by atoms with van der Waals surface area (Å²) in [6, 6.07) is 7.71. The molecule has 3 N–H and O–H groups in total. The van der Waals surface area contributed by atoms with E-state index in [1.54, 1.807) is 12.4 Å². The van der Waals surface area contributed by atoms with E-state index in [0.717, 1.165) is 37.3 Å². The van der Waals surface area contributed by atoms with E-state index in [1.807, 2.05) is 41.1 Å². The van der Waals surface area contributed by atoms with Crippen LogP contribution in [0.4, 0.5) is 16.4 Å². The zero-order valence-electron chi connectivity index (χ0n) is 16.3. The summed E-state index contributed by atoms with van der Waals surface area (Å²) in [4.78, 5) is 28.5. The molecular weight excluding hydrogens is 398 g/mol. The van der Waals surface area contributed by atoms with Gasteiger partial charge in [0, 0.05) is 31.7 Å². The lowest BCUT2D eigenvalue weighted by Gasteiger charge is -2.30. The van der Waals surface area contributed by atoms with Gasteiger partial charge in [0.15, 0.2) is 5.69 Å². The predicted octanol–water partition coefficient (Wildman–Crippen LogP) is 3.68. The number of thiazole rings is 1. The van der Waals surface area contributed by atoms with Crippen molar-refractivity contribution >= 4 is 39.3 Å². The maximum absolute atomic E-state index is 13.0. The summed E-state index contributed by atoms with van der Waals surface area (Å²) < 4.78 is 1.91. The van der Waals surface area contributed by atoms with Crippen LogP contribution in [0.1, 0.15) is 29.8 Å². The minimum atomic E-state index is -0.343. The van der Waals surface area contributed by atoms with Gasteiger partial charge in [-0.05, 0) is 37.5 Å². The molecule has 0 radical (unpaired) electrons. The van der Waals surface area contributed by atoms with Crippen LogP contribution in [0, 0.1) is 0 Å². The molecule has 0 saturated carbocycles. The number of amides is 1. The molecule has 0 aliphatic carbocycles. The minimum Gasteiger partial charge on any atom is -0.389 e. The van der Waals surface area contributed by atoms with Crippen LogP contribution in [0.25, 0.3) is 16.3 Å². The molecular formula is C21H21N7OS. The van der Waals surface area contributed by atoms with Gasteiger partial charge in [-0.2, -0.15) is 0 Å². The maximum atomic E-state index is 13.0. The summed E-state index contributed by atoms with van der Waals surface area (Å²) in [5.41, 5.74) is 9.50. The van der Waals surface area contributed by atoms with Crippen LogP contribution >= 0.6 is 11.3 Å². The van der Waals surface area contributed by atoms with E-state index in [1.165, 1.54) is 17.8 Å². The third kappa shape index (κ3) is 3.48. The molecule has 5 rings (SSSR count). The summed E-state index contributed by atoms with van der Waals surface area (Å²) >= 11 is 1.26. The number of fused-ring (bicyclic) bond motifs is 1. The first-order chi connectivity index (χ1) is 14.7. The topological polar surface area (TPSA) is 101 Å². The largest absolute Gasteiger partial charge is 0.389 e. The Hall–Kier alpha value is -3.46. The fourth-order valence-electron chi connectivity index (χ4n) is 3.72. The van der Waals surface area contributed by atoms with Crippen molar-refractivity contribution in [3.8, 4) is 10.7 Å². The third-order valence-corrected chi connectivity index (χ3v) is 6.10. The third-order valence-electron chi connectivity index (χ3n) is 5.19. The monoisotopic (exact) mass is 419 g/mol. The first kappa shape index (κ1) is 18.6. The zero-order chi connectivity index (χ0) is 20.5. The second-order valence-corrected chi connectivity index (χ2v) is 8.25. The summed E-state index contributed by atoms with van der Waals surface area (Å²) in [6.45, 7) is 1.95. The van der Waals surface area contributed by atoms with Gasteiger partial charge in [0.05, 0.1) is 17.6 Å². The highest BCUT2D eigenvalue weighted by Gasteiger charge is 2.21. The van der Waals surface area contributed by atoms with E-state index in [4.69, 9.17) is 5.73 Å². The molecule has 8 nitrogen and oxygen atoms in total. The number of nitrogens with one attached hydrogen (secondary N) is 1. The number of nitrogen functional groups attached to an aromatic ring is 1. The van der Waals surface area contributed by atoms with Crippen molar-refractivity contribution in [3.63, 3.8) is 0 Å². The number of carbonyl (C=O) groups excluding carboxylic acids is 1. The Morgan fingerprint density at radius 3 is 2.83 bits per heavy atom. The molecule has 1 saturated heterocycles. The number of carbonyl (C=O) groups is 1. The fraction of sp³-hybridized carbons (Fsp3) is 0.238. The van der Waals surface area contributed by atoms with E-state index in [-0.39, 0.29) is 11.6 Å². The molecule has 152 valence electrons. The van der Waals surface area contributed by atoms with Crippen molar-refractivity contribution < 1.29 is 4.79 Å². The summed E-state index contributed by atoms with van der Waals surface area (Å²) in [6.07, 6.45) is 10.8. The number of nitrogens with two attached hydrogens (primary N) is 1. The Balaban J connectivity index is 1.41. The number of aromatic nitrogens is 4. The predicted molar refractivity (Wildman–Crippen MR) is 119 cm³/mol. The molecule has 0 spiro atoms. The zero-order valence-corrected chi connectivity index (χ0v) is 17.1. The van der Waals surface area contributed by atoms with Gasteiger partial charge in [0.2, 0.25) is 0 Å². The second kappa shape index (κ2) is 7.75. The van der Waals surface area contributed by atoms with Gasteiger partial charge in [-0.25, -0.2) is 9.97 Å². The van der Waals surface area contributed by atoms with Crippen LogP contribution < -0.4 is 16.0 Å². The van der Waals surface area contributed by atoms with Gasteiger partial charge in [-0.1, -0.05) is 17.4 Å². The smallest absolute Gasteiger partial charge is 0.277 e. The Labute approximate surface area is 177 Å². The molecule has 1 aliphatic rings. The van der Waals surface area contributed by atoms with Gasteiger partial charge in [-0.15, -0.1) is 0 Å². The number of hydrogen-bond donors (Lipinski definition) is 2. The maximum Gasteiger partial charge on any atom is 0.277 e. The molecule has 30 heavy (non-hydrogen) atoms. The Morgan fingerprint density at radius 2 is 2.00 bits per heavy atom. The molecule has 4 aromatic heterocycles. The van der Waals surface area contributed by atoms with Crippen LogP contribution in [0.15, 0.2) is 49.1 Å². The Kier molecular flexibility index (Phi) is 4.80. The highest BCUT2D eigenvalue weighted by molar-refractivity contribution is 7.19. The van der Waals surface area contributed by atoms with E-state index in [2.05, 4.69) is 25.2 Å². The molecule has 5 heterocycles. The lowest BCUT2D eigenvalue weighted by Crippen LogP contribution is -2.30. The first-order valence-electron chi connectivity index (χ1n) is 9.90. The number of rotatable bonds is 4. The average molecular weight is 420 g/mol. The lowest BCUT2D eigenvalue weighted by molar-refractivity contribution is 0.102. The number of anilines is 3. The van der Waals surface area contributed by atoms with Crippen LogP contribution in [0.3, 0.4) is 0 Å². The highest BCUT2D eigenvalue weighted by atomic mass is 32.1. The molecule has 1 aliphatic heterocycles. The Bertz CT molecular complexity index is 1180. The van der Waals surface area contributed by atoms with Crippen molar-refractivity contribution in [2.24, 2.45) is 0 Å². The molecule has 0 bridgehead atoms. The van der Waals surface area contributed by atoms with E-state index >= 15 is 0 Å². The van der Waals surface area contributed by atoms with Gasteiger partial charge < -0.3 is 20.4 Å². The summed E-state index contributed by atoms with van der Waals surface area (Å²) in [5, 5.41) is 3.93. The van der Waals surface area contributed by atoms with E-state index in [0.29, 0.717) is 21.4 Å². The van der Waals surface area contributed by atoms with E-state index < -0.39 is 0 Å². The quantitative estimate of drug-likeness (QED) is 0.523. The molecule has 0 atom stereocenters. The number of pyridine rings is 2. The van der Waals surface area contributed by atoms with Crippen molar-refractivity contribution in [3.05, 3.63) is 54.7 Å². The van der Waals surface area contributed by atoms with Gasteiger partial charge in [0.25, 0.3) is 5.91 Å². The molecule has 9 heteroatoms. The second-order valence-electron chi connectivity index (χ2n) is 7.22. The van der Waals surface area contributed by atoms with Crippen LogP contribution in [-0.4, -0.2) is 38.3 Å². The van der Waals surface area contributed by atoms with Gasteiger partial charge in [-0.3, -0.25) is 9.78 Å². The van der Waals surface area contributed by atoms with Gasteiger partial charge >= 0.3 is 0 Å². The molecule has 1 fully saturated rings. The standard InChI is InChI=1S/C21H21N7OS/c22-19-18(26-21(30-19)15-13-28-11-5-2-6-17(28)24-15)20(29)25-14-12-23-8-7-16(14)27-9-3-1-4-10-27/h2,5-8,11-13H,1,3-4,9-10,22H2,(H,25,29). The van der Waals surface area contributed by atoms with Gasteiger partial charge in [0.1, 0.15) is 21.3 Å². The van der Waals surface area contributed by atoms with Crippen molar-refractivity contribution in [2.75, 3.05) is 29.0 Å². The normalized spacial score (nSPS) is 14.2. The number of piperidine rings is 1. The minimum absolute atomic E-state index is 0.209. The number of imidazole rings is 1. The molecule has 0 aromatic carbocycles. The van der Waals surface area contributed by atoms with E-state index in [9.17, 15) is 4.79 Å². The summed E-state index contributed by atoms with van der Waals surface area (Å²) in [5.74, 6) is -0.343. The number of hydrogen-bond acceptors (Lipinski definition) is 7. The fourth-order valence-corrected chi connectivity index (χ4v) is 4.50. The van der Waals surface area contributed by atoms with Crippen LogP contribution in [0.2, 0.25) is 0 Å². The van der Waals surface area contributed by atoms with Crippen LogP contribution in [0.5, 0.6) is 0 Å². The SMILES string of the molecule is Nc1sc(-c2cn3ccccc3n2)nc1C(=O)Nc1cnccc1N1CCCCC1. The van der Waals surface area contributed by atoms with Crippen molar-refractivity contribution in [2.45, 2.75) is 19.3 Å². The number of nitrogens with zero attached hydrogens (tertiary/aromatic N) is 5. The van der Waals surface area contributed by atoms with Crippen LogP contribution in [-0.2, 0) is 0 Å². The lowest BCUT2D eigenvalue weighted by atomic mass is 10.1. The molecule has 4 aromatic rings. The molecule has 1 amide bonds. The van der Waals surface area contributed by atoms with Crippen molar-refractivity contribution in [1.82, 2.24) is 19.4 Å². The Morgan fingerprint density at radius 1 is 1.13 bits per heavy atom. The summed E-state index contributed by atoms with van der Waals surface area (Å²) in [7, 11) is 0. The molecule has 0 unspecified atom stereocenters. The average Bonchev–Trinajstić information content (AvgIpc) is 3.38. The highest BCUT2D eigenvalue weighted by Crippen LogP contribution is 2.32. The first-order valence-corrected chi connectivity index (χ1v) is 10.7.